The Morgan fingerprint density at radius 2 is 0.670 bits per heavy atom. The molecule has 0 radical (unpaired) electrons. The SMILES string of the molecule is N#Cc1ccc(S(=O)(=O)c2ccc(-n3c4ccccc4c4c5c(c6ccccc6n5-c5ccc(N6c7ccccc7Oc7ccccc76)cc5)c5c(c6ccccc6n5-c5ccc(-c6nc(-c7ccccc7)nc(-c7ccccc7)n6)cc5)c43)cc2)cc1. The fourth-order valence-corrected chi connectivity index (χ4v) is 14.3. The van der Waals surface area contributed by atoms with Crippen molar-refractivity contribution in [2.45, 2.75) is 9.79 Å². The number of benzene rings is 12. The molecule has 0 atom stereocenters. The Labute approximate surface area is 504 Å². The highest BCUT2D eigenvalue weighted by Crippen LogP contribution is 2.53. The lowest BCUT2D eigenvalue weighted by Gasteiger charge is -2.32. The van der Waals surface area contributed by atoms with Crippen molar-refractivity contribution < 1.29 is 13.2 Å². The lowest BCUT2D eigenvalue weighted by Crippen LogP contribution is -2.15. The molecule has 0 spiro atoms. The number of aromatic nitrogens is 6. The third-order valence-electron chi connectivity index (χ3n) is 16.9. The molecule has 1 aliphatic heterocycles. The second-order valence-electron chi connectivity index (χ2n) is 21.8. The maximum absolute atomic E-state index is 14.3. The molecule has 88 heavy (non-hydrogen) atoms. The molecule has 0 unspecified atom stereocenters. The van der Waals surface area contributed by atoms with Crippen molar-refractivity contribution in [3.8, 4) is 68.8 Å². The fraction of sp³-hybridized carbons (Fsp3) is 0. The van der Waals surface area contributed by atoms with E-state index in [1.807, 2.05) is 109 Å². The summed E-state index contributed by atoms with van der Waals surface area (Å²) in [6.45, 7) is 0. The summed E-state index contributed by atoms with van der Waals surface area (Å²) in [6.07, 6.45) is 0. The molecular formula is C76H46N8O3S. The summed E-state index contributed by atoms with van der Waals surface area (Å²) in [7, 11) is -3.94. The van der Waals surface area contributed by atoms with Gasteiger partial charge in [0.1, 0.15) is 0 Å². The van der Waals surface area contributed by atoms with Gasteiger partial charge in [-0.2, -0.15) is 5.26 Å². The number of rotatable bonds is 9. The maximum atomic E-state index is 14.3. The molecule has 17 rings (SSSR count). The predicted molar refractivity (Wildman–Crippen MR) is 351 cm³/mol. The van der Waals surface area contributed by atoms with Crippen LogP contribution in [0.4, 0.5) is 17.1 Å². The molecule has 0 saturated carbocycles. The molecule has 16 aromatic rings. The van der Waals surface area contributed by atoms with Crippen LogP contribution in [0.2, 0.25) is 0 Å². The second-order valence-corrected chi connectivity index (χ2v) is 23.8. The maximum Gasteiger partial charge on any atom is 0.206 e. The summed E-state index contributed by atoms with van der Waals surface area (Å²) >= 11 is 0. The molecule has 0 saturated heterocycles. The van der Waals surface area contributed by atoms with Crippen molar-refractivity contribution in [3.63, 3.8) is 0 Å². The molecule has 0 aliphatic carbocycles. The van der Waals surface area contributed by atoms with Gasteiger partial charge in [0.25, 0.3) is 0 Å². The van der Waals surface area contributed by atoms with E-state index in [2.05, 4.69) is 158 Å². The van der Waals surface area contributed by atoms with Crippen LogP contribution in [0, 0.1) is 11.3 Å². The van der Waals surface area contributed by atoms with Crippen LogP contribution in [0.1, 0.15) is 5.56 Å². The number of hydrogen-bond donors (Lipinski definition) is 0. The van der Waals surface area contributed by atoms with Crippen LogP contribution in [0.3, 0.4) is 0 Å². The Bertz CT molecular complexity index is 5560. The summed E-state index contributed by atoms with van der Waals surface area (Å²) in [5.74, 6) is 3.29. The Morgan fingerprint density at radius 3 is 1.09 bits per heavy atom. The van der Waals surface area contributed by atoms with Gasteiger partial charge in [0.2, 0.25) is 9.84 Å². The molecule has 0 fully saturated rings. The molecule has 12 heteroatoms. The Kier molecular flexibility index (Phi) is 11.4. The van der Waals surface area contributed by atoms with Crippen molar-refractivity contribution in [1.29, 1.82) is 5.26 Å². The highest BCUT2D eigenvalue weighted by Gasteiger charge is 2.31. The third-order valence-corrected chi connectivity index (χ3v) is 18.7. The number of nitriles is 1. The first kappa shape index (κ1) is 50.6. The van der Waals surface area contributed by atoms with Gasteiger partial charge >= 0.3 is 0 Å². The highest BCUT2D eigenvalue weighted by molar-refractivity contribution is 7.91. The van der Waals surface area contributed by atoms with Crippen LogP contribution < -0.4 is 9.64 Å². The summed E-state index contributed by atoms with van der Waals surface area (Å²) in [5.41, 5.74) is 14.5. The highest BCUT2D eigenvalue weighted by atomic mass is 32.2. The fourth-order valence-electron chi connectivity index (χ4n) is 13.0. The zero-order chi connectivity index (χ0) is 58.6. The van der Waals surface area contributed by atoms with E-state index >= 15 is 0 Å². The van der Waals surface area contributed by atoms with Crippen LogP contribution in [0.15, 0.2) is 289 Å². The molecule has 414 valence electrons. The summed E-state index contributed by atoms with van der Waals surface area (Å²) in [4.78, 5) is 17.7. The van der Waals surface area contributed by atoms with E-state index < -0.39 is 9.84 Å². The number of nitrogens with zero attached hydrogens (tertiary/aromatic N) is 8. The van der Waals surface area contributed by atoms with E-state index in [9.17, 15) is 13.7 Å². The van der Waals surface area contributed by atoms with Crippen molar-refractivity contribution in [1.82, 2.24) is 28.7 Å². The molecule has 0 bridgehead atoms. The molecule has 4 aromatic heterocycles. The molecule has 0 N–H and O–H groups in total. The minimum atomic E-state index is -3.94. The van der Waals surface area contributed by atoms with Crippen molar-refractivity contribution in [3.05, 3.63) is 285 Å². The minimum absolute atomic E-state index is 0.115. The molecule has 5 heterocycles. The predicted octanol–water partition coefficient (Wildman–Crippen LogP) is 18.4. The number of ether oxygens (including phenoxy) is 1. The lowest BCUT2D eigenvalue weighted by atomic mass is 10.0. The normalized spacial score (nSPS) is 12.2. The topological polar surface area (TPSA) is 124 Å². The van der Waals surface area contributed by atoms with Gasteiger partial charge in [-0.15, -0.1) is 0 Å². The van der Waals surface area contributed by atoms with Gasteiger partial charge in [-0.1, -0.05) is 140 Å². The second kappa shape index (κ2) is 19.9. The van der Waals surface area contributed by atoms with Crippen LogP contribution in [0.25, 0.3) is 117 Å². The third kappa shape index (κ3) is 7.81. The van der Waals surface area contributed by atoms with Gasteiger partial charge in [0, 0.05) is 71.8 Å². The molecular weight excluding hydrogens is 1100 g/mol. The first-order valence-electron chi connectivity index (χ1n) is 28.9. The quantitative estimate of drug-likeness (QED) is 0.140. The van der Waals surface area contributed by atoms with Gasteiger partial charge in [0.05, 0.1) is 65.9 Å². The minimum Gasteiger partial charge on any atom is -0.453 e. The first-order valence-corrected chi connectivity index (χ1v) is 30.4. The molecule has 11 nitrogen and oxygen atoms in total. The van der Waals surface area contributed by atoms with Crippen LogP contribution >= 0.6 is 0 Å². The zero-order valence-electron chi connectivity index (χ0n) is 46.8. The van der Waals surface area contributed by atoms with Gasteiger partial charge in [-0.3, -0.25) is 0 Å². The van der Waals surface area contributed by atoms with Gasteiger partial charge in [-0.25, -0.2) is 23.4 Å². The Hall–Kier alpha value is -11.9. The monoisotopic (exact) mass is 1150 g/mol. The van der Waals surface area contributed by atoms with E-state index in [1.165, 1.54) is 24.3 Å². The smallest absolute Gasteiger partial charge is 0.206 e. The van der Waals surface area contributed by atoms with E-state index in [0.717, 1.165) is 128 Å². The van der Waals surface area contributed by atoms with E-state index in [4.69, 9.17) is 19.7 Å². The number of fused-ring (bicyclic) bond motifs is 14. The average Bonchev–Trinajstić information content (AvgIpc) is 1.53. The number of sulfone groups is 1. The van der Waals surface area contributed by atoms with Crippen molar-refractivity contribution in [2.75, 3.05) is 4.90 Å². The van der Waals surface area contributed by atoms with E-state index in [1.54, 1.807) is 12.1 Å². The first-order chi connectivity index (χ1) is 43.4. The van der Waals surface area contributed by atoms with Crippen molar-refractivity contribution in [2.24, 2.45) is 0 Å². The summed E-state index contributed by atoms with van der Waals surface area (Å²) in [6, 6.07) is 94.8. The number of hydrogen-bond acceptors (Lipinski definition) is 8. The summed E-state index contributed by atoms with van der Waals surface area (Å²) < 4.78 is 42.1. The molecule has 12 aromatic carbocycles. The standard InChI is InChI=1S/C76H46N8O3S/c77-47-48-31-43-56(44-32-48)88(85,86)57-45-41-55(42-46-57)84-63-26-12-9-23-60(63)70-72-68(59-22-8-11-25-62(59)83(72)54-39-37-52(38-40-54)81-64-27-13-15-29-66(64)87-67-30-16-14-28-65(67)81)71-69(73(70)84)58-21-7-10-24-61(58)82(71)53-35-33-51(34-36-53)76-79-74(49-17-3-1-4-18-49)78-75(80-76)50-19-5-2-6-20-50/h1-46H. The largest absolute Gasteiger partial charge is 0.453 e. The zero-order valence-corrected chi connectivity index (χ0v) is 47.6. The van der Waals surface area contributed by atoms with Gasteiger partial charge < -0.3 is 23.3 Å². The lowest BCUT2D eigenvalue weighted by molar-refractivity contribution is 0.477. The van der Waals surface area contributed by atoms with Gasteiger partial charge in [0.15, 0.2) is 29.0 Å². The van der Waals surface area contributed by atoms with E-state index in [-0.39, 0.29) is 9.79 Å². The van der Waals surface area contributed by atoms with E-state index in [0.29, 0.717) is 23.0 Å². The van der Waals surface area contributed by atoms with Crippen LogP contribution in [0.5, 0.6) is 11.5 Å². The van der Waals surface area contributed by atoms with Gasteiger partial charge in [-0.05, 0) is 140 Å². The number of para-hydroxylation sites is 7. The number of anilines is 3. The van der Waals surface area contributed by atoms with Crippen LogP contribution in [-0.2, 0) is 9.84 Å². The molecule has 1 aliphatic rings. The van der Waals surface area contributed by atoms with Crippen LogP contribution in [-0.4, -0.2) is 37.1 Å². The Morgan fingerprint density at radius 1 is 0.341 bits per heavy atom. The van der Waals surface area contributed by atoms with Crippen molar-refractivity contribution >= 4 is 92.3 Å². The average molecular weight is 1150 g/mol. The Balaban J connectivity index is 0.938. The summed E-state index contributed by atoms with van der Waals surface area (Å²) in [5, 5.41) is 15.8. The molecule has 0 amide bonds.